The molecule has 1 fully saturated rings. The first kappa shape index (κ1) is 17.1. The maximum atomic E-state index is 13.6. The molecule has 1 aliphatic heterocycles. The third kappa shape index (κ3) is 4.37. The highest BCUT2D eigenvalue weighted by Gasteiger charge is 2.31. The average molecular weight is 332 g/mol. The van der Waals surface area contributed by atoms with Gasteiger partial charge in [-0.2, -0.15) is 4.31 Å². The Balaban J connectivity index is 2.01. The lowest BCUT2D eigenvalue weighted by molar-refractivity contribution is 0.114. The van der Waals surface area contributed by atoms with E-state index in [4.69, 9.17) is 9.47 Å². The third-order valence-electron chi connectivity index (χ3n) is 3.58. The van der Waals surface area contributed by atoms with E-state index in [1.165, 1.54) is 29.7 Å². The van der Waals surface area contributed by atoms with Crippen LogP contribution >= 0.6 is 0 Å². The Hall–Kier alpha value is -1.25. The molecule has 0 spiro atoms. The zero-order chi connectivity index (χ0) is 16.2. The molecule has 2 atom stereocenters. The van der Waals surface area contributed by atoms with Gasteiger partial charge >= 0.3 is 0 Å². The molecule has 1 aromatic heterocycles. The van der Waals surface area contributed by atoms with Crippen molar-refractivity contribution in [2.75, 3.05) is 26.0 Å². The van der Waals surface area contributed by atoms with Crippen molar-refractivity contribution in [3.05, 3.63) is 24.1 Å². The van der Waals surface area contributed by atoms with E-state index in [1.54, 1.807) is 6.92 Å². The van der Waals surface area contributed by atoms with Crippen LogP contribution in [-0.2, 0) is 14.8 Å². The van der Waals surface area contributed by atoms with E-state index < -0.39 is 21.9 Å². The molecule has 2 rings (SSSR count). The van der Waals surface area contributed by atoms with Crippen LogP contribution in [0.3, 0.4) is 0 Å². The van der Waals surface area contributed by atoms with Crippen molar-refractivity contribution in [2.45, 2.75) is 32.0 Å². The van der Waals surface area contributed by atoms with Gasteiger partial charge in [-0.15, -0.1) is 0 Å². The highest BCUT2D eigenvalue weighted by molar-refractivity contribution is 7.89. The van der Waals surface area contributed by atoms with E-state index in [0.29, 0.717) is 19.4 Å². The molecule has 2 heterocycles. The maximum absolute atomic E-state index is 13.6. The van der Waals surface area contributed by atoms with Gasteiger partial charge in [-0.25, -0.2) is 17.8 Å². The molecule has 1 aromatic rings. The quantitative estimate of drug-likeness (QED) is 0.788. The molecular weight excluding hydrogens is 311 g/mol. The number of rotatable bonds is 6. The minimum absolute atomic E-state index is 0.0752. The minimum Gasteiger partial charge on any atom is -0.471 e. The van der Waals surface area contributed by atoms with Gasteiger partial charge in [-0.05, 0) is 31.9 Å². The summed E-state index contributed by atoms with van der Waals surface area (Å²) in [7, 11) is -1.94. The van der Waals surface area contributed by atoms with Crippen LogP contribution in [0.25, 0.3) is 0 Å². The van der Waals surface area contributed by atoms with Gasteiger partial charge in [-0.3, -0.25) is 0 Å². The van der Waals surface area contributed by atoms with Crippen molar-refractivity contribution in [1.29, 1.82) is 0 Å². The Labute approximate surface area is 130 Å². The van der Waals surface area contributed by atoms with E-state index >= 15 is 0 Å². The number of sulfonamides is 1. The van der Waals surface area contributed by atoms with E-state index in [0.717, 1.165) is 0 Å². The summed E-state index contributed by atoms with van der Waals surface area (Å²) in [5, 5.41) is 0. The van der Waals surface area contributed by atoms with Crippen molar-refractivity contribution in [3.8, 4) is 5.88 Å². The van der Waals surface area contributed by atoms with Crippen LogP contribution in [0.1, 0.15) is 19.8 Å². The molecule has 8 heteroatoms. The summed E-state index contributed by atoms with van der Waals surface area (Å²) in [6.45, 7) is 2.36. The first-order valence-electron chi connectivity index (χ1n) is 7.20. The number of hydrogen-bond acceptors (Lipinski definition) is 5. The Morgan fingerprint density at radius 1 is 1.55 bits per heavy atom. The molecule has 22 heavy (non-hydrogen) atoms. The molecule has 1 aliphatic rings. The van der Waals surface area contributed by atoms with Crippen molar-refractivity contribution in [1.82, 2.24) is 9.29 Å². The SMILES string of the molecule is CO[C@@H](C)CS(=O)(=O)N1CCC[C@@H](Oc2ncccc2F)C1. The topological polar surface area (TPSA) is 68.7 Å². The van der Waals surface area contributed by atoms with Crippen molar-refractivity contribution in [2.24, 2.45) is 0 Å². The summed E-state index contributed by atoms with van der Waals surface area (Å²) < 4.78 is 50.1. The zero-order valence-corrected chi connectivity index (χ0v) is 13.6. The normalized spacial score (nSPS) is 21.5. The van der Waals surface area contributed by atoms with Gasteiger partial charge in [0.05, 0.1) is 18.4 Å². The van der Waals surface area contributed by atoms with Crippen LogP contribution in [0.15, 0.2) is 18.3 Å². The fourth-order valence-electron chi connectivity index (χ4n) is 2.34. The van der Waals surface area contributed by atoms with Crippen LogP contribution in [-0.4, -0.2) is 55.9 Å². The fourth-order valence-corrected chi connectivity index (χ4v) is 4.08. The molecule has 124 valence electrons. The van der Waals surface area contributed by atoms with Crippen molar-refractivity contribution in [3.63, 3.8) is 0 Å². The summed E-state index contributed by atoms with van der Waals surface area (Å²) in [4.78, 5) is 3.84. The number of aromatic nitrogens is 1. The van der Waals surface area contributed by atoms with Gasteiger partial charge in [0.25, 0.3) is 5.88 Å². The Morgan fingerprint density at radius 3 is 3.00 bits per heavy atom. The average Bonchev–Trinajstić information content (AvgIpc) is 2.49. The van der Waals surface area contributed by atoms with Gasteiger partial charge in [0.15, 0.2) is 5.82 Å². The van der Waals surface area contributed by atoms with E-state index in [1.807, 2.05) is 0 Å². The molecule has 0 radical (unpaired) electrons. The van der Waals surface area contributed by atoms with E-state index in [-0.39, 0.29) is 24.3 Å². The molecule has 6 nitrogen and oxygen atoms in total. The molecule has 0 amide bonds. The first-order chi connectivity index (χ1) is 10.4. The Kier molecular flexibility index (Phi) is 5.71. The summed E-state index contributed by atoms with van der Waals surface area (Å²) in [6, 6.07) is 2.74. The summed E-state index contributed by atoms with van der Waals surface area (Å²) in [5.74, 6) is -0.707. The third-order valence-corrected chi connectivity index (χ3v) is 5.59. The largest absolute Gasteiger partial charge is 0.471 e. The second-order valence-corrected chi connectivity index (χ2v) is 7.37. The molecule has 1 saturated heterocycles. The van der Waals surface area contributed by atoms with Gasteiger partial charge in [0.1, 0.15) is 6.10 Å². The predicted octanol–water partition coefficient (Wildman–Crippen LogP) is 1.43. The van der Waals surface area contributed by atoms with E-state index in [9.17, 15) is 12.8 Å². The van der Waals surface area contributed by atoms with Crippen LogP contribution in [0.2, 0.25) is 0 Å². The summed E-state index contributed by atoms with van der Waals surface area (Å²) in [5.41, 5.74) is 0. The minimum atomic E-state index is -3.42. The number of piperidine rings is 1. The first-order valence-corrected chi connectivity index (χ1v) is 8.81. The lowest BCUT2D eigenvalue weighted by Crippen LogP contribution is -2.46. The number of ether oxygens (including phenoxy) is 2. The fraction of sp³-hybridized carbons (Fsp3) is 0.643. The smallest absolute Gasteiger partial charge is 0.250 e. The van der Waals surface area contributed by atoms with Crippen molar-refractivity contribution >= 4 is 10.0 Å². The number of nitrogens with zero attached hydrogens (tertiary/aromatic N) is 2. The van der Waals surface area contributed by atoms with Gasteiger partial charge in [0.2, 0.25) is 10.0 Å². The number of pyridine rings is 1. The van der Waals surface area contributed by atoms with Crippen molar-refractivity contribution < 1.29 is 22.3 Å². The summed E-state index contributed by atoms with van der Waals surface area (Å²) >= 11 is 0. The van der Waals surface area contributed by atoms with Gasteiger partial charge in [-0.1, -0.05) is 0 Å². The highest BCUT2D eigenvalue weighted by atomic mass is 32.2. The maximum Gasteiger partial charge on any atom is 0.250 e. The molecule has 0 unspecified atom stereocenters. The lowest BCUT2D eigenvalue weighted by Gasteiger charge is -2.32. The number of methoxy groups -OCH3 is 1. The standard InChI is InChI=1S/C14H21FN2O4S/c1-11(20-2)10-22(18,19)17-8-4-5-12(9-17)21-14-13(15)6-3-7-16-14/h3,6-7,11-12H,4-5,8-10H2,1-2H3/t11-,12+/m0/s1. The van der Waals surface area contributed by atoms with Crippen LogP contribution < -0.4 is 4.74 Å². The van der Waals surface area contributed by atoms with Gasteiger partial charge in [0, 0.05) is 19.9 Å². The Bertz CT molecular complexity index is 596. The second-order valence-electron chi connectivity index (χ2n) is 5.36. The lowest BCUT2D eigenvalue weighted by atomic mass is 10.1. The zero-order valence-electron chi connectivity index (χ0n) is 12.7. The predicted molar refractivity (Wildman–Crippen MR) is 79.7 cm³/mol. The molecule has 0 aliphatic carbocycles. The number of halogens is 1. The molecular formula is C14H21FN2O4S. The number of hydrogen-bond donors (Lipinski definition) is 0. The molecule has 0 N–H and O–H groups in total. The van der Waals surface area contributed by atoms with Crippen LogP contribution in [0.4, 0.5) is 4.39 Å². The highest BCUT2D eigenvalue weighted by Crippen LogP contribution is 2.21. The monoisotopic (exact) mass is 332 g/mol. The van der Waals surface area contributed by atoms with Gasteiger partial charge < -0.3 is 9.47 Å². The van der Waals surface area contributed by atoms with E-state index in [2.05, 4.69) is 4.98 Å². The second kappa shape index (κ2) is 7.34. The van der Waals surface area contributed by atoms with Crippen LogP contribution in [0.5, 0.6) is 5.88 Å². The molecule has 0 aromatic carbocycles. The Morgan fingerprint density at radius 2 is 2.32 bits per heavy atom. The molecule has 0 bridgehead atoms. The van der Waals surface area contributed by atoms with Crippen LogP contribution in [0, 0.1) is 5.82 Å². The summed E-state index contributed by atoms with van der Waals surface area (Å²) in [6.07, 6.45) is 2.00. The molecule has 0 saturated carbocycles.